The van der Waals surface area contributed by atoms with E-state index in [0.29, 0.717) is 5.58 Å². The van der Waals surface area contributed by atoms with E-state index in [-0.39, 0.29) is 5.76 Å². The van der Waals surface area contributed by atoms with E-state index in [2.05, 4.69) is 4.98 Å². The maximum Gasteiger partial charge on any atom is 0.419 e. The van der Waals surface area contributed by atoms with Gasteiger partial charge in [0.15, 0.2) is 5.58 Å². The summed E-state index contributed by atoms with van der Waals surface area (Å²) in [5.41, 5.74) is 3.38. The Morgan fingerprint density at radius 1 is 1.24 bits per heavy atom. The summed E-state index contributed by atoms with van der Waals surface area (Å²) in [5.74, 6) is -0.344. The molecule has 0 atom stereocenters. The van der Waals surface area contributed by atoms with Crippen LogP contribution < -0.4 is 5.76 Å². The van der Waals surface area contributed by atoms with E-state index < -0.39 is 0 Å². The van der Waals surface area contributed by atoms with Gasteiger partial charge in [-0.05, 0) is 23.8 Å². The van der Waals surface area contributed by atoms with E-state index in [1.165, 1.54) is 4.57 Å². The van der Waals surface area contributed by atoms with Crippen LogP contribution in [0.2, 0.25) is 0 Å². The van der Waals surface area contributed by atoms with Crippen molar-refractivity contribution >= 4 is 11.1 Å². The highest BCUT2D eigenvalue weighted by Crippen LogP contribution is 2.22. The molecule has 4 nitrogen and oxygen atoms in total. The minimum Gasteiger partial charge on any atom is -0.408 e. The fourth-order valence-corrected chi connectivity index (χ4v) is 1.85. The first-order valence-electron chi connectivity index (χ1n) is 5.26. The molecule has 0 amide bonds. The van der Waals surface area contributed by atoms with Crippen LogP contribution >= 0.6 is 0 Å². The molecule has 0 aliphatic rings. The van der Waals surface area contributed by atoms with Crippen molar-refractivity contribution in [2.24, 2.45) is 7.05 Å². The van der Waals surface area contributed by atoms with Gasteiger partial charge in [-0.1, -0.05) is 12.1 Å². The third kappa shape index (κ3) is 1.54. The van der Waals surface area contributed by atoms with Crippen molar-refractivity contribution in [2.45, 2.75) is 0 Å². The van der Waals surface area contributed by atoms with Gasteiger partial charge in [0.1, 0.15) is 0 Å². The largest absolute Gasteiger partial charge is 0.419 e. The lowest BCUT2D eigenvalue weighted by atomic mass is 10.1. The molecule has 3 rings (SSSR count). The number of oxazole rings is 1. The number of aromatic nitrogens is 2. The molecule has 0 radical (unpaired) electrons. The molecule has 4 heteroatoms. The molecule has 0 unspecified atom stereocenters. The number of rotatable bonds is 1. The standard InChI is InChI=1S/C13H10N2O2/c1-15-11-5-4-9(7-12(11)17-13(15)16)10-3-2-6-14-8-10/h2-8H,1H3. The van der Waals surface area contributed by atoms with Gasteiger partial charge in [0.2, 0.25) is 0 Å². The number of benzene rings is 1. The Bertz CT molecular complexity index is 726. The zero-order chi connectivity index (χ0) is 11.8. The third-order valence-electron chi connectivity index (χ3n) is 2.79. The number of fused-ring (bicyclic) bond motifs is 1. The van der Waals surface area contributed by atoms with Gasteiger partial charge in [0.05, 0.1) is 5.52 Å². The maximum atomic E-state index is 11.4. The van der Waals surface area contributed by atoms with Crippen molar-refractivity contribution in [3.05, 3.63) is 53.3 Å². The fraction of sp³-hybridized carbons (Fsp3) is 0.0769. The first-order valence-corrected chi connectivity index (χ1v) is 5.26. The molecule has 2 aromatic heterocycles. The van der Waals surface area contributed by atoms with Gasteiger partial charge >= 0.3 is 5.76 Å². The van der Waals surface area contributed by atoms with Gasteiger partial charge in [0.25, 0.3) is 0 Å². The van der Waals surface area contributed by atoms with E-state index in [1.54, 1.807) is 19.4 Å². The van der Waals surface area contributed by atoms with Crippen LogP contribution in [0.5, 0.6) is 0 Å². The highest BCUT2D eigenvalue weighted by molar-refractivity contribution is 5.80. The number of hydrogen-bond acceptors (Lipinski definition) is 3. The predicted molar refractivity (Wildman–Crippen MR) is 64.7 cm³/mol. The molecule has 0 saturated heterocycles. The van der Waals surface area contributed by atoms with E-state index in [0.717, 1.165) is 16.6 Å². The average molecular weight is 226 g/mol. The Labute approximate surface area is 97.1 Å². The summed E-state index contributed by atoms with van der Waals surface area (Å²) in [6.07, 6.45) is 3.51. The summed E-state index contributed by atoms with van der Waals surface area (Å²) < 4.78 is 6.64. The van der Waals surface area contributed by atoms with E-state index in [9.17, 15) is 4.79 Å². The van der Waals surface area contributed by atoms with Gasteiger partial charge in [0, 0.05) is 25.0 Å². The van der Waals surface area contributed by atoms with Crippen LogP contribution in [-0.2, 0) is 7.05 Å². The van der Waals surface area contributed by atoms with Crippen molar-refractivity contribution in [3.8, 4) is 11.1 Å². The lowest BCUT2D eigenvalue weighted by Crippen LogP contribution is -2.08. The normalized spacial score (nSPS) is 10.9. The third-order valence-corrected chi connectivity index (χ3v) is 2.79. The lowest BCUT2D eigenvalue weighted by Gasteiger charge is -2.00. The fourth-order valence-electron chi connectivity index (χ4n) is 1.85. The monoisotopic (exact) mass is 226 g/mol. The molecule has 0 bridgehead atoms. The van der Waals surface area contributed by atoms with Gasteiger partial charge in [-0.15, -0.1) is 0 Å². The van der Waals surface area contributed by atoms with Crippen molar-refractivity contribution < 1.29 is 4.42 Å². The van der Waals surface area contributed by atoms with Crippen LogP contribution in [-0.4, -0.2) is 9.55 Å². The highest BCUT2D eigenvalue weighted by atomic mass is 16.4. The SMILES string of the molecule is Cn1c(=O)oc2cc(-c3cccnc3)ccc21. The molecule has 0 aliphatic heterocycles. The molecule has 1 aromatic carbocycles. The Kier molecular flexibility index (Phi) is 2.08. The Balaban J connectivity index is 2.24. The molecule has 0 aliphatic carbocycles. The minimum absolute atomic E-state index is 0.344. The zero-order valence-electron chi connectivity index (χ0n) is 9.25. The predicted octanol–water partition coefficient (Wildman–Crippen LogP) is 2.19. The van der Waals surface area contributed by atoms with Crippen molar-refractivity contribution in [3.63, 3.8) is 0 Å². The van der Waals surface area contributed by atoms with Crippen molar-refractivity contribution in [1.82, 2.24) is 9.55 Å². The van der Waals surface area contributed by atoms with Crippen LogP contribution in [0.25, 0.3) is 22.2 Å². The minimum atomic E-state index is -0.344. The quantitative estimate of drug-likeness (QED) is 0.639. The topological polar surface area (TPSA) is 48.0 Å². The van der Waals surface area contributed by atoms with E-state index in [1.807, 2.05) is 30.3 Å². The molecule has 0 N–H and O–H groups in total. The second-order valence-corrected chi connectivity index (χ2v) is 3.85. The second kappa shape index (κ2) is 3.59. The van der Waals surface area contributed by atoms with Crippen LogP contribution in [0.1, 0.15) is 0 Å². The highest BCUT2D eigenvalue weighted by Gasteiger charge is 2.07. The van der Waals surface area contributed by atoms with Crippen LogP contribution in [0.15, 0.2) is 51.9 Å². The van der Waals surface area contributed by atoms with Gasteiger partial charge in [-0.3, -0.25) is 9.55 Å². The van der Waals surface area contributed by atoms with Gasteiger partial charge in [-0.2, -0.15) is 0 Å². The smallest absolute Gasteiger partial charge is 0.408 e. The van der Waals surface area contributed by atoms with Crippen LogP contribution in [0, 0.1) is 0 Å². The first-order chi connectivity index (χ1) is 8.25. The molecule has 0 spiro atoms. The molecule has 3 aromatic rings. The maximum absolute atomic E-state index is 11.4. The molecule has 0 saturated carbocycles. The molecule has 0 fully saturated rings. The van der Waals surface area contributed by atoms with Crippen LogP contribution in [0.3, 0.4) is 0 Å². The number of nitrogens with zero attached hydrogens (tertiary/aromatic N) is 2. The van der Waals surface area contributed by atoms with Crippen LogP contribution in [0.4, 0.5) is 0 Å². The number of hydrogen-bond donors (Lipinski definition) is 0. The second-order valence-electron chi connectivity index (χ2n) is 3.85. The Morgan fingerprint density at radius 2 is 2.12 bits per heavy atom. The van der Waals surface area contributed by atoms with Gasteiger partial charge in [-0.25, -0.2) is 4.79 Å². The Morgan fingerprint density at radius 3 is 2.88 bits per heavy atom. The van der Waals surface area contributed by atoms with Gasteiger partial charge < -0.3 is 4.42 Å². The molecular weight excluding hydrogens is 216 g/mol. The summed E-state index contributed by atoms with van der Waals surface area (Å²) >= 11 is 0. The van der Waals surface area contributed by atoms with E-state index in [4.69, 9.17) is 4.42 Å². The zero-order valence-corrected chi connectivity index (χ0v) is 9.25. The van der Waals surface area contributed by atoms with Crippen molar-refractivity contribution in [1.29, 1.82) is 0 Å². The van der Waals surface area contributed by atoms with Crippen molar-refractivity contribution in [2.75, 3.05) is 0 Å². The molecular formula is C13H10N2O2. The Hall–Kier alpha value is -2.36. The summed E-state index contributed by atoms with van der Waals surface area (Å²) in [4.78, 5) is 15.4. The number of pyridine rings is 1. The molecule has 84 valence electrons. The number of aryl methyl sites for hydroxylation is 1. The summed E-state index contributed by atoms with van der Waals surface area (Å²) in [7, 11) is 1.69. The lowest BCUT2D eigenvalue weighted by molar-refractivity contribution is 0.528. The van der Waals surface area contributed by atoms with E-state index >= 15 is 0 Å². The average Bonchev–Trinajstić information content (AvgIpc) is 2.66. The molecule has 17 heavy (non-hydrogen) atoms. The summed E-state index contributed by atoms with van der Waals surface area (Å²) in [6.45, 7) is 0. The molecule has 2 heterocycles. The first kappa shape index (κ1) is 9.84. The summed E-state index contributed by atoms with van der Waals surface area (Å²) in [6, 6.07) is 9.53. The summed E-state index contributed by atoms with van der Waals surface area (Å²) in [5, 5.41) is 0.